The summed E-state index contributed by atoms with van der Waals surface area (Å²) < 4.78 is 5.31. The van der Waals surface area contributed by atoms with Crippen LogP contribution in [-0.2, 0) is 4.74 Å². The molecule has 1 aromatic rings. The molecule has 0 amide bonds. The molecule has 0 bridgehead atoms. The molecular weight excluding hydrogens is 237 g/mol. The van der Waals surface area contributed by atoms with E-state index in [0.717, 1.165) is 12.1 Å². The molecule has 0 aliphatic carbocycles. The normalized spacial score (nSPS) is 21.6. The molecule has 0 radical (unpaired) electrons. The first-order valence-corrected chi connectivity index (χ1v) is 5.43. The van der Waals surface area contributed by atoms with Crippen LogP contribution < -0.4 is 5.32 Å². The van der Waals surface area contributed by atoms with E-state index in [1.165, 1.54) is 0 Å². The van der Waals surface area contributed by atoms with E-state index in [2.05, 4.69) is 5.32 Å². The fourth-order valence-electron chi connectivity index (χ4n) is 1.60. The number of hydrogen-bond donors (Lipinski definition) is 2. The van der Waals surface area contributed by atoms with E-state index in [9.17, 15) is 5.11 Å². The van der Waals surface area contributed by atoms with Crippen molar-refractivity contribution in [2.45, 2.75) is 6.04 Å². The van der Waals surface area contributed by atoms with Gasteiger partial charge in [0.1, 0.15) is 10.8 Å². The number of aromatic hydroxyl groups is 1. The van der Waals surface area contributed by atoms with Crippen LogP contribution in [0.5, 0.6) is 5.75 Å². The minimum atomic E-state index is -0.0199. The third-order valence-electron chi connectivity index (χ3n) is 2.40. The van der Waals surface area contributed by atoms with Crippen LogP contribution in [0.1, 0.15) is 11.6 Å². The van der Waals surface area contributed by atoms with Crippen LogP contribution in [0.15, 0.2) is 12.1 Å². The number of halogens is 2. The topological polar surface area (TPSA) is 41.5 Å². The third kappa shape index (κ3) is 2.21. The van der Waals surface area contributed by atoms with Crippen molar-refractivity contribution in [1.82, 2.24) is 5.32 Å². The summed E-state index contributed by atoms with van der Waals surface area (Å²) in [5.41, 5.74) is 0.726. The van der Waals surface area contributed by atoms with Gasteiger partial charge in [0.05, 0.1) is 24.3 Å². The largest absolute Gasteiger partial charge is 0.506 e. The molecule has 0 aromatic heterocycles. The van der Waals surface area contributed by atoms with E-state index in [-0.39, 0.29) is 16.8 Å². The van der Waals surface area contributed by atoms with Crippen LogP contribution in [0.3, 0.4) is 0 Å². The summed E-state index contributed by atoms with van der Waals surface area (Å²) in [5.74, 6) is 0.0344. The predicted octanol–water partition coefficient (Wildman–Crippen LogP) is 2.36. The number of morpholine rings is 1. The van der Waals surface area contributed by atoms with E-state index in [4.69, 9.17) is 27.9 Å². The first-order valence-electron chi connectivity index (χ1n) is 4.68. The van der Waals surface area contributed by atoms with Crippen molar-refractivity contribution >= 4 is 23.2 Å². The van der Waals surface area contributed by atoms with E-state index < -0.39 is 0 Å². The highest BCUT2D eigenvalue weighted by Gasteiger charge is 2.20. The highest BCUT2D eigenvalue weighted by Crippen LogP contribution is 2.37. The fourth-order valence-corrected chi connectivity index (χ4v) is 1.93. The lowest BCUT2D eigenvalue weighted by atomic mass is 10.1. The zero-order valence-corrected chi connectivity index (χ0v) is 9.48. The van der Waals surface area contributed by atoms with Gasteiger partial charge in [0, 0.05) is 12.1 Å². The number of nitrogens with one attached hydrogen (secondary N) is 1. The maximum Gasteiger partial charge on any atom is 0.140 e. The second kappa shape index (κ2) is 4.58. The number of phenolic OH excluding ortho intramolecular Hbond substituents is 1. The van der Waals surface area contributed by atoms with Crippen molar-refractivity contribution < 1.29 is 9.84 Å². The first-order chi connectivity index (χ1) is 7.20. The highest BCUT2D eigenvalue weighted by molar-refractivity contribution is 6.43. The van der Waals surface area contributed by atoms with E-state index in [1.54, 1.807) is 12.1 Å². The molecule has 0 spiro atoms. The van der Waals surface area contributed by atoms with Crippen LogP contribution >= 0.6 is 23.2 Å². The molecule has 1 aromatic carbocycles. The molecule has 0 unspecified atom stereocenters. The monoisotopic (exact) mass is 247 g/mol. The lowest BCUT2D eigenvalue weighted by molar-refractivity contribution is 0.0761. The Labute approximate surface area is 97.9 Å². The van der Waals surface area contributed by atoms with Crippen LogP contribution in [-0.4, -0.2) is 24.9 Å². The average Bonchev–Trinajstić information content (AvgIpc) is 2.27. The Balaban J connectivity index is 2.31. The summed E-state index contributed by atoms with van der Waals surface area (Å²) in [4.78, 5) is 0. The summed E-state index contributed by atoms with van der Waals surface area (Å²) >= 11 is 11.6. The molecule has 1 fully saturated rings. The minimum Gasteiger partial charge on any atom is -0.506 e. The van der Waals surface area contributed by atoms with Crippen molar-refractivity contribution in [2.24, 2.45) is 0 Å². The molecule has 5 heteroatoms. The quantitative estimate of drug-likeness (QED) is 0.801. The van der Waals surface area contributed by atoms with Crippen LogP contribution in [0.2, 0.25) is 10.0 Å². The Morgan fingerprint density at radius 1 is 1.40 bits per heavy atom. The second-order valence-corrected chi connectivity index (χ2v) is 4.17. The van der Waals surface area contributed by atoms with Crippen LogP contribution in [0.25, 0.3) is 0 Å². The SMILES string of the molecule is Oc1c([C@H]2COCCN2)ccc(Cl)c1Cl. The number of hydrogen-bond acceptors (Lipinski definition) is 3. The number of rotatable bonds is 1. The zero-order valence-electron chi connectivity index (χ0n) is 7.96. The standard InChI is InChI=1S/C10H11Cl2NO2/c11-7-2-1-6(10(14)9(7)12)8-5-15-4-3-13-8/h1-2,8,13-14H,3-5H2/t8-/m1/s1. The summed E-state index contributed by atoms with van der Waals surface area (Å²) in [6, 6.07) is 3.42. The van der Waals surface area contributed by atoms with Crippen molar-refractivity contribution in [1.29, 1.82) is 0 Å². The van der Waals surface area contributed by atoms with Crippen molar-refractivity contribution in [3.05, 3.63) is 27.7 Å². The molecule has 1 saturated heterocycles. The number of benzene rings is 1. The third-order valence-corrected chi connectivity index (χ3v) is 3.19. The molecule has 1 atom stereocenters. The van der Waals surface area contributed by atoms with Gasteiger partial charge in [0.2, 0.25) is 0 Å². The fraction of sp³-hybridized carbons (Fsp3) is 0.400. The zero-order chi connectivity index (χ0) is 10.8. The van der Waals surface area contributed by atoms with Gasteiger partial charge in [0.15, 0.2) is 0 Å². The molecule has 3 nitrogen and oxygen atoms in total. The van der Waals surface area contributed by atoms with E-state index in [0.29, 0.717) is 18.2 Å². The second-order valence-electron chi connectivity index (χ2n) is 3.38. The molecule has 2 rings (SSSR count). The molecule has 15 heavy (non-hydrogen) atoms. The minimum absolute atomic E-state index is 0.0199. The lowest BCUT2D eigenvalue weighted by Gasteiger charge is -2.25. The lowest BCUT2D eigenvalue weighted by Crippen LogP contribution is -2.34. The molecule has 1 aliphatic heterocycles. The molecule has 2 N–H and O–H groups in total. The van der Waals surface area contributed by atoms with Gasteiger partial charge in [-0.15, -0.1) is 0 Å². The maximum atomic E-state index is 9.82. The smallest absolute Gasteiger partial charge is 0.140 e. The van der Waals surface area contributed by atoms with Crippen molar-refractivity contribution in [2.75, 3.05) is 19.8 Å². The summed E-state index contributed by atoms with van der Waals surface area (Å²) in [6.07, 6.45) is 0. The van der Waals surface area contributed by atoms with E-state index in [1.807, 2.05) is 0 Å². The molecule has 0 saturated carbocycles. The summed E-state index contributed by atoms with van der Waals surface area (Å²) in [6.45, 7) is 1.99. The van der Waals surface area contributed by atoms with Gasteiger partial charge < -0.3 is 15.2 Å². The van der Waals surface area contributed by atoms with Gasteiger partial charge in [-0.25, -0.2) is 0 Å². The summed E-state index contributed by atoms with van der Waals surface area (Å²) in [7, 11) is 0. The Hall–Kier alpha value is -0.480. The molecule has 82 valence electrons. The van der Waals surface area contributed by atoms with E-state index >= 15 is 0 Å². The Bertz CT molecular complexity index is 365. The Morgan fingerprint density at radius 3 is 2.87 bits per heavy atom. The molecule has 1 aliphatic rings. The highest BCUT2D eigenvalue weighted by atomic mass is 35.5. The van der Waals surface area contributed by atoms with Gasteiger partial charge in [-0.1, -0.05) is 29.3 Å². The summed E-state index contributed by atoms with van der Waals surface area (Å²) in [5, 5.41) is 13.6. The van der Waals surface area contributed by atoms with Crippen LogP contribution in [0.4, 0.5) is 0 Å². The Kier molecular flexibility index (Phi) is 3.36. The van der Waals surface area contributed by atoms with Gasteiger partial charge in [-0.3, -0.25) is 0 Å². The average molecular weight is 248 g/mol. The number of phenols is 1. The molecular formula is C10H11Cl2NO2. The first kappa shape index (κ1) is 11.0. The van der Waals surface area contributed by atoms with Gasteiger partial charge in [-0.2, -0.15) is 0 Å². The predicted molar refractivity (Wildman–Crippen MR) is 59.7 cm³/mol. The van der Waals surface area contributed by atoms with Crippen molar-refractivity contribution in [3.63, 3.8) is 0 Å². The Morgan fingerprint density at radius 2 is 2.20 bits per heavy atom. The van der Waals surface area contributed by atoms with Gasteiger partial charge in [0.25, 0.3) is 0 Å². The van der Waals surface area contributed by atoms with Crippen LogP contribution in [0, 0.1) is 0 Å². The number of ether oxygens (including phenoxy) is 1. The van der Waals surface area contributed by atoms with Gasteiger partial charge >= 0.3 is 0 Å². The van der Waals surface area contributed by atoms with Gasteiger partial charge in [-0.05, 0) is 6.07 Å². The molecule has 1 heterocycles. The van der Waals surface area contributed by atoms with Crippen molar-refractivity contribution in [3.8, 4) is 5.75 Å². The maximum absolute atomic E-state index is 9.82.